The maximum absolute atomic E-state index is 4.75. The van der Waals surface area contributed by atoms with Crippen LogP contribution in [0.4, 0.5) is 0 Å². The van der Waals surface area contributed by atoms with E-state index in [0.29, 0.717) is 0 Å². The van der Waals surface area contributed by atoms with Crippen LogP contribution in [0.15, 0.2) is 36.4 Å². The molecular weight excluding hydrogens is 220 g/mol. The molecule has 2 aromatic rings. The van der Waals surface area contributed by atoms with Gasteiger partial charge < -0.3 is 0 Å². The van der Waals surface area contributed by atoms with Crippen molar-refractivity contribution in [3.8, 4) is 0 Å². The number of likely N-dealkylation sites (tertiary alicyclic amines) is 1. The van der Waals surface area contributed by atoms with Gasteiger partial charge in [-0.05, 0) is 44.0 Å². The van der Waals surface area contributed by atoms with Crippen LogP contribution in [-0.2, 0) is 6.54 Å². The first-order chi connectivity index (χ1) is 8.81. The van der Waals surface area contributed by atoms with Gasteiger partial charge in [-0.1, -0.05) is 31.2 Å². The van der Waals surface area contributed by atoms with Crippen LogP contribution in [0.3, 0.4) is 0 Å². The minimum atomic E-state index is 0.894. The van der Waals surface area contributed by atoms with E-state index >= 15 is 0 Å². The third kappa shape index (κ3) is 2.54. The Morgan fingerprint density at radius 2 is 1.89 bits per heavy atom. The summed E-state index contributed by atoms with van der Waals surface area (Å²) in [5.74, 6) is 0.894. The third-order valence-electron chi connectivity index (χ3n) is 3.92. The van der Waals surface area contributed by atoms with E-state index in [4.69, 9.17) is 4.98 Å². The molecule has 1 saturated heterocycles. The van der Waals surface area contributed by atoms with Gasteiger partial charge in [-0.15, -0.1) is 0 Å². The Morgan fingerprint density at radius 3 is 2.72 bits per heavy atom. The maximum Gasteiger partial charge on any atom is 0.0705 e. The van der Waals surface area contributed by atoms with Gasteiger partial charge in [0.15, 0.2) is 0 Å². The molecule has 1 fully saturated rings. The Balaban J connectivity index is 1.74. The summed E-state index contributed by atoms with van der Waals surface area (Å²) in [6, 6.07) is 12.7. The normalized spacial score (nSPS) is 18.3. The van der Waals surface area contributed by atoms with Crippen LogP contribution in [0, 0.1) is 5.92 Å². The molecule has 2 heteroatoms. The molecule has 0 saturated carbocycles. The van der Waals surface area contributed by atoms with Gasteiger partial charge in [-0.25, -0.2) is 0 Å². The lowest BCUT2D eigenvalue weighted by Gasteiger charge is -2.29. The molecule has 0 radical (unpaired) electrons. The third-order valence-corrected chi connectivity index (χ3v) is 3.92. The number of rotatable bonds is 2. The quantitative estimate of drug-likeness (QED) is 0.799. The predicted octanol–water partition coefficient (Wildman–Crippen LogP) is 3.47. The molecule has 0 bridgehead atoms. The summed E-state index contributed by atoms with van der Waals surface area (Å²) in [6.45, 7) is 5.79. The molecular formula is C16H20N2. The van der Waals surface area contributed by atoms with Crippen molar-refractivity contribution in [2.24, 2.45) is 5.92 Å². The fourth-order valence-corrected chi connectivity index (χ4v) is 2.65. The first-order valence-corrected chi connectivity index (χ1v) is 6.88. The highest BCUT2D eigenvalue weighted by atomic mass is 15.1. The minimum absolute atomic E-state index is 0.894. The molecule has 0 unspecified atom stereocenters. The van der Waals surface area contributed by atoms with Gasteiger partial charge in [0, 0.05) is 11.9 Å². The molecule has 2 heterocycles. The van der Waals surface area contributed by atoms with E-state index < -0.39 is 0 Å². The van der Waals surface area contributed by atoms with E-state index in [1.54, 1.807) is 0 Å². The van der Waals surface area contributed by atoms with Gasteiger partial charge in [0.25, 0.3) is 0 Å². The molecule has 0 aliphatic carbocycles. The zero-order chi connectivity index (χ0) is 12.4. The lowest BCUT2D eigenvalue weighted by molar-refractivity contribution is 0.183. The highest BCUT2D eigenvalue weighted by Crippen LogP contribution is 2.18. The number of benzene rings is 1. The Bertz CT molecular complexity index is 527. The first-order valence-electron chi connectivity index (χ1n) is 6.88. The zero-order valence-corrected chi connectivity index (χ0v) is 11.0. The summed E-state index contributed by atoms with van der Waals surface area (Å²) >= 11 is 0. The van der Waals surface area contributed by atoms with E-state index in [1.807, 2.05) is 0 Å². The average Bonchev–Trinajstić information content (AvgIpc) is 2.41. The van der Waals surface area contributed by atoms with Crippen molar-refractivity contribution in [3.63, 3.8) is 0 Å². The summed E-state index contributed by atoms with van der Waals surface area (Å²) in [4.78, 5) is 7.27. The molecule has 0 atom stereocenters. The van der Waals surface area contributed by atoms with Crippen molar-refractivity contribution in [1.82, 2.24) is 9.88 Å². The van der Waals surface area contributed by atoms with Crippen molar-refractivity contribution in [2.45, 2.75) is 26.3 Å². The summed E-state index contributed by atoms with van der Waals surface area (Å²) in [6.07, 6.45) is 2.65. The number of pyridine rings is 1. The van der Waals surface area contributed by atoms with Crippen molar-refractivity contribution in [3.05, 3.63) is 42.1 Å². The second-order valence-electron chi connectivity index (χ2n) is 5.45. The van der Waals surface area contributed by atoms with Crippen molar-refractivity contribution in [2.75, 3.05) is 13.1 Å². The van der Waals surface area contributed by atoms with E-state index in [-0.39, 0.29) is 0 Å². The van der Waals surface area contributed by atoms with E-state index in [2.05, 4.69) is 48.2 Å². The average molecular weight is 240 g/mol. The predicted molar refractivity (Wildman–Crippen MR) is 75.4 cm³/mol. The molecule has 1 aliphatic heterocycles. The van der Waals surface area contributed by atoms with Crippen LogP contribution in [0.1, 0.15) is 25.5 Å². The summed E-state index contributed by atoms with van der Waals surface area (Å²) in [5, 5.41) is 1.23. The highest BCUT2D eigenvalue weighted by Gasteiger charge is 2.15. The Kier molecular flexibility index (Phi) is 3.28. The SMILES string of the molecule is CC1CCN(Cc2ccc3ccccc3n2)CC1. The van der Waals surface area contributed by atoms with E-state index in [0.717, 1.165) is 18.0 Å². The van der Waals surface area contributed by atoms with Gasteiger partial charge in [0.1, 0.15) is 0 Å². The molecule has 0 amide bonds. The summed E-state index contributed by atoms with van der Waals surface area (Å²) < 4.78 is 0. The smallest absolute Gasteiger partial charge is 0.0705 e. The van der Waals surface area contributed by atoms with Crippen molar-refractivity contribution in [1.29, 1.82) is 0 Å². The Morgan fingerprint density at radius 1 is 1.11 bits per heavy atom. The van der Waals surface area contributed by atoms with Gasteiger partial charge >= 0.3 is 0 Å². The van der Waals surface area contributed by atoms with E-state index in [9.17, 15) is 0 Å². The Hall–Kier alpha value is -1.41. The summed E-state index contributed by atoms with van der Waals surface area (Å²) in [7, 11) is 0. The van der Waals surface area contributed by atoms with Crippen LogP contribution in [0.25, 0.3) is 10.9 Å². The molecule has 0 spiro atoms. The first kappa shape index (κ1) is 11.7. The van der Waals surface area contributed by atoms with Gasteiger partial charge in [0.2, 0.25) is 0 Å². The second kappa shape index (κ2) is 5.07. The molecule has 1 aromatic heterocycles. The maximum atomic E-state index is 4.75. The van der Waals surface area contributed by atoms with Crippen LogP contribution in [0.5, 0.6) is 0 Å². The lowest BCUT2D eigenvalue weighted by atomic mass is 9.99. The molecule has 1 aliphatic rings. The number of piperidine rings is 1. The minimum Gasteiger partial charge on any atom is -0.297 e. The van der Waals surface area contributed by atoms with Crippen molar-refractivity contribution >= 4 is 10.9 Å². The molecule has 2 nitrogen and oxygen atoms in total. The van der Waals surface area contributed by atoms with Crippen LogP contribution in [-0.4, -0.2) is 23.0 Å². The number of aromatic nitrogens is 1. The van der Waals surface area contributed by atoms with Gasteiger partial charge in [-0.2, -0.15) is 0 Å². The number of hydrogen-bond donors (Lipinski definition) is 0. The second-order valence-corrected chi connectivity index (χ2v) is 5.45. The Labute approximate surface area is 109 Å². The zero-order valence-electron chi connectivity index (χ0n) is 11.0. The van der Waals surface area contributed by atoms with Crippen LogP contribution in [0.2, 0.25) is 0 Å². The van der Waals surface area contributed by atoms with Gasteiger partial charge in [0.05, 0.1) is 11.2 Å². The molecule has 94 valence electrons. The number of nitrogens with zero attached hydrogens (tertiary/aromatic N) is 2. The number of hydrogen-bond acceptors (Lipinski definition) is 2. The van der Waals surface area contributed by atoms with Gasteiger partial charge in [-0.3, -0.25) is 9.88 Å². The monoisotopic (exact) mass is 240 g/mol. The molecule has 0 N–H and O–H groups in total. The molecule has 1 aromatic carbocycles. The lowest BCUT2D eigenvalue weighted by Crippen LogP contribution is -2.32. The summed E-state index contributed by atoms with van der Waals surface area (Å²) in [5.41, 5.74) is 2.31. The van der Waals surface area contributed by atoms with E-state index in [1.165, 1.54) is 37.0 Å². The highest BCUT2D eigenvalue weighted by molar-refractivity contribution is 5.78. The fraction of sp³-hybridized carbons (Fsp3) is 0.438. The topological polar surface area (TPSA) is 16.1 Å². The number of para-hydroxylation sites is 1. The molecule has 18 heavy (non-hydrogen) atoms. The standard InChI is InChI=1S/C16H20N2/c1-13-8-10-18(11-9-13)12-15-7-6-14-4-2-3-5-16(14)17-15/h2-7,13H,8-12H2,1H3. The number of fused-ring (bicyclic) bond motifs is 1. The van der Waals surface area contributed by atoms with Crippen molar-refractivity contribution < 1.29 is 0 Å². The van der Waals surface area contributed by atoms with Crippen LogP contribution < -0.4 is 0 Å². The van der Waals surface area contributed by atoms with Crippen LogP contribution >= 0.6 is 0 Å². The molecule has 3 rings (SSSR count). The fourth-order valence-electron chi connectivity index (χ4n) is 2.65. The largest absolute Gasteiger partial charge is 0.297 e.